The minimum atomic E-state index is -3.85. The van der Waals surface area contributed by atoms with Gasteiger partial charge in [0.05, 0.1) is 20.5 Å². The Balaban J connectivity index is 1.81. The maximum atomic E-state index is 14.2. The SMILES string of the molecule is O=C(Nc1ccc(Cl)c(Cl)c1)c1cc(S(=O)(=O)NC2CCCCC2)ccc1F. The number of sulfonamides is 1. The van der Waals surface area contributed by atoms with E-state index in [4.69, 9.17) is 23.2 Å². The van der Waals surface area contributed by atoms with Gasteiger partial charge < -0.3 is 5.32 Å². The molecule has 0 atom stereocenters. The normalized spacial score (nSPS) is 15.4. The molecule has 1 aliphatic carbocycles. The van der Waals surface area contributed by atoms with Crippen LogP contribution >= 0.6 is 23.2 Å². The second-order valence-electron chi connectivity index (χ2n) is 6.68. The zero-order chi connectivity index (χ0) is 20.3. The molecule has 1 aliphatic rings. The van der Waals surface area contributed by atoms with Crippen molar-refractivity contribution < 1.29 is 17.6 Å². The largest absolute Gasteiger partial charge is 0.322 e. The second kappa shape index (κ2) is 8.78. The average Bonchev–Trinajstić information content (AvgIpc) is 2.65. The van der Waals surface area contributed by atoms with Crippen molar-refractivity contribution in [3.05, 3.63) is 57.8 Å². The van der Waals surface area contributed by atoms with Crippen molar-refractivity contribution in [1.29, 1.82) is 0 Å². The highest BCUT2D eigenvalue weighted by molar-refractivity contribution is 7.89. The standard InChI is InChI=1S/C19H19Cl2FN2O3S/c20-16-8-6-13(10-17(16)21)23-19(25)15-11-14(7-9-18(15)22)28(26,27)24-12-4-2-1-3-5-12/h6-12,24H,1-5H2,(H,23,25). The molecule has 2 aromatic carbocycles. The van der Waals surface area contributed by atoms with Gasteiger partial charge >= 0.3 is 0 Å². The molecule has 5 nitrogen and oxygen atoms in total. The number of benzene rings is 2. The summed E-state index contributed by atoms with van der Waals surface area (Å²) in [6, 6.07) is 7.44. The van der Waals surface area contributed by atoms with Gasteiger partial charge in [-0.25, -0.2) is 17.5 Å². The molecule has 0 aromatic heterocycles. The van der Waals surface area contributed by atoms with Crippen LogP contribution in [-0.4, -0.2) is 20.4 Å². The van der Waals surface area contributed by atoms with Gasteiger partial charge in [-0.15, -0.1) is 0 Å². The number of nitrogens with one attached hydrogen (secondary N) is 2. The van der Waals surface area contributed by atoms with E-state index in [1.165, 1.54) is 18.2 Å². The fourth-order valence-corrected chi connectivity index (χ4v) is 4.75. The quantitative estimate of drug-likeness (QED) is 0.681. The third kappa shape index (κ3) is 5.03. The summed E-state index contributed by atoms with van der Waals surface area (Å²) in [5.74, 6) is -1.61. The summed E-state index contributed by atoms with van der Waals surface area (Å²) in [6.45, 7) is 0. The third-order valence-electron chi connectivity index (χ3n) is 4.60. The van der Waals surface area contributed by atoms with E-state index in [0.717, 1.165) is 50.3 Å². The fourth-order valence-electron chi connectivity index (χ4n) is 3.13. The minimum absolute atomic E-state index is 0.141. The first-order chi connectivity index (χ1) is 13.3. The Labute approximate surface area is 173 Å². The van der Waals surface area contributed by atoms with Crippen molar-refractivity contribution in [2.24, 2.45) is 0 Å². The number of amides is 1. The number of hydrogen-bond acceptors (Lipinski definition) is 3. The molecule has 0 aliphatic heterocycles. The van der Waals surface area contributed by atoms with Gasteiger partial charge in [0.2, 0.25) is 10.0 Å². The summed E-state index contributed by atoms with van der Waals surface area (Å²) in [5, 5.41) is 3.03. The van der Waals surface area contributed by atoms with Gasteiger partial charge in [0.25, 0.3) is 5.91 Å². The lowest BCUT2D eigenvalue weighted by Gasteiger charge is -2.22. The number of rotatable bonds is 5. The van der Waals surface area contributed by atoms with Gasteiger partial charge in [-0.05, 0) is 49.2 Å². The molecule has 0 spiro atoms. The first-order valence-corrected chi connectivity index (χ1v) is 11.1. The Morgan fingerprint density at radius 3 is 2.39 bits per heavy atom. The molecule has 1 saturated carbocycles. The van der Waals surface area contributed by atoms with Crippen LogP contribution in [0.5, 0.6) is 0 Å². The lowest BCUT2D eigenvalue weighted by atomic mass is 9.96. The highest BCUT2D eigenvalue weighted by Gasteiger charge is 2.24. The summed E-state index contributed by atoms with van der Waals surface area (Å²) >= 11 is 11.7. The van der Waals surface area contributed by atoms with E-state index < -0.39 is 21.7 Å². The number of carbonyl (C=O) groups excluding carboxylic acids is 1. The molecule has 2 aromatic rings. The van der Waals surface area contributed by atoms with Crippen molar-refractivity contribution in [3.63, 3.8) is 0 Å². The monoisotopic (exact) mass is 444 g/mol. The molecule has 28 heavy (non-hydrogen) atoms. The fraction of sp³-hybridized carbons (Fsp3) is 0.316. The van der Waals surface area contributed by atoms with E-state index in [1.54, 1.807) is 0 Å². The van der Waals surface area contributed by atoms with E-state index in [9.17, 15) is 17.6 Å². The maximum absolute atomic E-state index is 14.2. The Bertz CT molecular complexity index is 993. The Morgan fingerprint density at radius 2 is 1.71 bits per heavy atom. The van der Waals surface area contributed by atoms with Crippen LogP contribution in [-0.2, 0) is 10.0 Å². The summed E-state index contributed by atoms with van der Waals surface area (Å²) in [5.41, 5.74) is -0.0648. The van der Waals surface area contributed by atoms with Crippen LogP contribution in [0.2, 0.25) is 10.0 Å². The van der Waals surface area contributed by atoms with Crippen molar-refractivity contribution in [3.8, 4) is 0 Å². The predicted octanol–water partition coefficient (Wildman–Crippen LogP) is 5.00. The topological polar surface area (TPSA) is 75.3 Å². The molecule has 0 saturated heterocycles. The van der Waals surface area contributed by atoms with Crippen LogP contribution in [0, 0.1) is 5.82 Å². The smallest absolute Gasteiger partial charge is 0.258 e. The molecule has 0 radical (unpaired) electrons. The predicted molar refractivity (Wildman–Crippen MR) is 108 cm³/mol. The summed E-state index contributed by atoms with van der Waals surface area (Å²) in [7, 11) is -3.85. The van der Waals surface area contributed by atoms with Crippen molar-refractivity contribution in [2.45, 2.75) is 43.0 Å². The van der Waals surface area contributed by atoms with E-state index in [-0.39, 0.29) is 21.5 Å². The van der Waals surface area contributed by atoms with Crippen molar-refractivity contribution in [2.75, 3.05) is 5.32 Å². The molecule has 1 amide bonds. The van der Waals surface area contributed by atoms with Crippen LogP contribution in [0.25, 0.3) is 0 Å². The zero-order valence-electron chi connectivity index (χ0n) is 14.8. The molecule has 0 unspecified atom stereocenters. The van der Waals surface area contributed by atoms with E-state index in [0.29, 0.717) is 10.7 Å². The molecule has 0 heterocycles. The van der Waals surface area contributed by atoms with Gasteiger partial charge in [0.1, 0.15) is 5.82 Å². The first-order valence-electron chi connectivity index (χ1n) is 8.84. The van der Waals surface area contributed by atoms with Gasteiger partial charge in [0.15, 0.2) is 0 Å². The number of halogens is 3. The average molecular weight is 445 g/mol. The number of carbonyl (C=O) groups is 1. The summed E-state index contributed by atoms with van der Waals surface area (Å²) in [6.07, 6.45) is 4.56. The van der Waals surface area contributed by atoms with Gasteiger partial charge in [-0.2, -0.15) is 0 Å². The van der Waals surface area contributed by atoms with Crippen molar-refractivity contribution in [1.82, 2.24) is 4.72 Å². The molecule has 2 N–H and O–H groups in total. The van der Waals surface area contributed by atoms with E-state index in [1.807, 2.05) is 0 Å². The van der Waals surface area contributed by atoms with E-state index >= 15 is 0 Å². The van der Waals surface area contributed by atoms with Gasteiger partial charge in [-0.1, -0.05) is 42.5 Å². The highest BCUT2D eigenvalue weighted by atomic mass is 35.5. The van der Waals surface area contributed by atoms with Crippen LogP contribution in [0.3, 0.4) is 0 Å². The van der Waals surface area contributed by atoms with Gasteiger partial charge in [0, 0.05) is 11.7 Å². The number of hydrogen-bond donors (Lipinski definition) is 2. The second-order valence-corrected chi connectivity index (χ2v) is 9.21. The number of anilines is 1. The molecule has 150 valence electrons. The third-order valence-corrected chi connectivity index (χ3v) is 6.85. The van der Waals surface area contributed by atoms with Crippen LogP contribution < -0.4 is 10.0 Å². The van der Waals surface area contributed by atoms with Crippen LogP contribution in [0.1, 0.15) is 42.5 Å². The molecule has 0 bridgehead atoms. The highest BCUT2D eigenvalue weighted by Crippen LogP contribution is 2.26. The summed E-state index contributed by atoms with van der Waals surface area (Å²) in [4.78, 5) is 12.3. The zero-order valence-corrected chi connectivity index (χ0v) is 17.2. The molecular formula is C19H19Cl2FN2O3S. The Kier molecular flexibility index (Phi) is 6.60. The minimum Gasteiger partial charge on any atom is -0.322 e. The molecule has 9 heteroatoms. The molecular weight excluding hydrogens is 426 g/mol. The van der Waals surface area contributed by atoms with E-state index in [2.05, 4.69) is 10.0 Å². The molecule has 3 rings (SSSR count). The van der Waals surface area contributed by atoms with Crippen molar-refractivity contribution >= 4 is 44.8 Å². The van der Waals surface area contributed by atoms with Crippen LogP contribution in [0.15, 0.2) is 41.3 Å². The summed E-state index contributed by atoms with van der Waals surface area (Å²) < 4.78 is 42.1. The lowest BCUT2D eigenvalue weighted by molar-refractivity contribution is 0.102. The first kappa shape index (κ1) is 21.0. The lowest BCUT2D eigenvalue weighted by Crippen LogP contribution is -2.36. The molecule has 1 fully saturated rings. The van der Waals surface area contributed by atoms with Gasteiger partial charge in [-0.3, -0.25) is 4.79 Å². The van der Waals surface area contributed by atoms with Crippen LogP contribution in [0.4, 0.5) is 10.1 Å². The Morgan fingerprint density at radius 1 is 1.00 bits per heavy atom. The maximum Gasteiger partial charge on any atom is 0.258 e. The Hall–Kier alpha value is -1.67.